The minimum atomic E-state index is -0.217. The number of pyridine rings is 9. The Morgan fingerprint density at radius 2 is 0.802 bits per heavy atom. The molecular weight excluding hydrogens is 1800 g/mol. The van der Waals surface area contributed by atoms with Crippen LogP contribution in [-0.2, 0) is 38.1 Å². The van der Waals surface area contributed by atoms with Gasteiger partial charge in [0, 0.05) is 130 Å². The van der Waals surface area contributed by atoms with E-state index in [1.54, 1.807) is 55.8 Å². The molecular formula is C91H90Br4ClN23O2. The van der Waals surface area contributed by atoms with Crippen molar-refractivity contribution in [2.75, 3.05) is 56.6 Å². The highest BCUT2D eigenvalue weighted by Gasteiger charge is 2.34. The van der Waals surface area contributed by atoms with Crippen molar-refractivity contribution in [3.63, 3.8) is 0 Å². The highest BCUT2D eigenvalue weighted by molar-refractivity contribution is 9.11. The third kappa shape index (κ3) is 21.0. The maximum atomic E-state index is 9.92. The van der Waals surface area contributed by atoms with E-state index in [2.05, 4.69) is 268 Å². The van der Waals surface area contributed by atoms with E-state index in [9.17, 15) is 10.2 Å². The minimum absolute atomic E-state index is 0.0796. The number of rotatable bonds is 22. The van der Waals surface area contributed by atoms with Crippen LogP contribution in [0.5, 0.6) is 0 Å². The number of aromatic nitrogens is 16. The molecule has 0 radical (unpaired) electrons. The summed E-state index contributed by atoms with van der Waals surface area (Å²) in [7, 11) is 0. The smallest absolute Gasteiger partial charge is 0.130 e. The first-order chi connectivity index (χ1) is 59.0. The fourth-order valence-electron chi connectivity index (χ4n) is 14.6. The summed E-state index contributed by atoms with van der Waals surface area (Å²) in [5, 5.41) is 63.2. The highest BCUT2D eigenvalue weighted by Crippen LogP contribution is 2.38. The van der Waals surface area contributed by atoms with E-state index in [0.29, 0.717) is 37.7 Å². The number of fused-ring (bicyclic) bond motifs is 5. The SMILES string of the molecule is Brc1cnn2c(NCc3cncnc3)cc(-c3ccccc3)cc12.CC(C)(C)c1cc(NCc2cccnc2)n2ncc(Br)c2c1.Clc1cnn2c(NCc3cccnc3)cc(-c3ccccc3)cc12.OCC1(Nc2cc(NCc3cccnc3)n3ncc(Br)c3c2)CCCC1.OC[C@@H]1CCCN1c1cc(NCc2cccnc2)n2ncc(Br)c2c1. The number of nitrogens with one attached hydrogen (secondary N) is 6. The largest absolute Gasteiger partial charge is 0.394 e. The number of hydrogen-bond donors (Lipinski definition) is 8. The molecule has 2 aromatic carbocycles. The highest BCUT2D eigenvalue weighted by atomic mass is 79.9. The first-order valence-electron chi connectivity index (χ1n) is 39.8. The zero-order chi connectivity index (χ0) is 83.7. The van der Waals surface area contributed by atoms with Crippen molar-refractivity contribution < 1.29 is 10.2 Å². The quantitative estimate of drug-likeness (QED) is 0.0313. The van der Waals surface area contributed by atoms with Crippen LogP contribution in [0.4, 0.5) is 40.5 Å². The van der Waals surface area contributed by atoms with Gasteiger partial charge in [-0.1, -0.05) is 130 Å². The van der Waals surface area contributed by atoms with Crippen molar-refractivity contribution in [3.8, 4) is 22.3 Å². The molecule has 1 aliphatic heterocycles. The van der Waals surface area contributed by atoms with Crippen molar-refractivity contribution in [1.29, 1.82) is 0 Å². The maximum absolute atomic E-state index is 9.92. The molecule has 1 saturated carbocycles. The molecule has 15 aromatic heterocycles. The average Bonchev–Trinajstić information content (AvgIpc) is 1.56. The first-order valence-corrected chi connectivity index (χ1v) is 43.3. The van der Waals surface area contributed by atoms with Crippen LogP contribution in [0.2, 0.25) is 5.02 Å². The van der Waals surface area contributed by atoms with Crippen LogP contribution in [0.1, 0.15) is 92.7 Å². The summed E-state index contributed by atoms with van der Waals surface area (Å²) >= 11 is 20.6. The molecule has 25 nitrogen and oxygen atoms in total. The minimum Gasteiger partial charge on any atom is -0.394 e. The Morgan fingerprint density at radius 3 is 1.25 bits per heavy atom. The van der Waals surface area contributed by atoms with Gasteiger partial charge in [-0.05, 0) is 218 Å². The van der Waals surface area contributed by atoms with Crippen molar-refractivity contribution in [2.24, 2.45) is 0 Å². The van der Waals surface area contributed by atoms with Gasteiger partial charge in [0.15, 0.2) is 0 Å². The number of aliphatic hydroxyl groups is 2. The van der Waals surface area contributed by atoms with E-state index in [1.807, 2.05) is 139 Å². The van der Waals surface area contributed by atoms with Gasteiger partial charge in [0.2, 0.25) is 0 Å². The predicted molar refractivity (Wildman–Crippen MR) is 496 cm³/mol. The Kier molecular flexibility index (Phi) is 27.6. The van der Waals surface area contributed by atoms with Gasteiger partial charge in [-0.25, -0.2) is 32.5 Å². The molecule has 16 heterocycles. The summed E-state index contributed by atoms with van der Waals surface area (Å²) in [5.74, 6) is 4.61. The fraction of sp³-hybridized carbons (Fsp3) is 0.220. The van der Waals surface area contributed by atoms with Crippen LogP contribution in [-0.4, -0.2) is 120 Å². The Morgan fingerprint density at radius 1 is 0.405 bits per heavy atom. The number of halogens is 5. The first kappa shape index (κ1) is 84.3. The Bertz CT molecular complexity index is 6080. The van der Waals surface area contributed by atoms with Crippen molar-refractivity contribution >= 4 is 143 Å². The Hall–Kier alpha value is -11.7. The summed E-state index contributed by atoms with van der Waals surface area (Å²) in [6, 6.07) is 57.7. The third-order valence-electron chi connectivity index (χ3n) is 21.0. The predicted octanol–water partition coefficient (Wildman–Crippen LogP) is 20.1. The molecule has 19 rings (SSSR count). The molecule has 0 amide bonds. The second-order valence-electron chi connectivity index (χ2n) is 30.4. The van der Waals surface area contributed by atoms with Gasteiger partial charge >= 0.3 is 0 Å². The standard InChI is InChI=1S/C19H22BrN5O.C19H15ClN4.C18H20BrN5O.C18H14BrN5.C17H19BrN4/c20-16-12-23-25-17(16)8-15(24-19(13-26)5-1-2-6-19)9-18(25)22-11-14-4-3-7-21-10-14;20-17-13-23-24-18(17)9-16(15-6-2-1-3-7-15)10-19(24)22-12-14-5-4-8-21-11-14;19-16-11-22-24-17(16)7-15(23-6-2-4-14(23)12-25)8-18(24)21-10-13-3-1-5-20-9-13;19-16-11-23-24-17(16)6-15(14-4-2-1-3-5-14)7-18(24)22-10-13-8-20-12-21-9-13;1-17(2,3)13-7-15-14(18)11-21-22(15)16(8-13)20-10-12-5-4-6-19-9-12/h3-4,7-10,12,22,24,26H,1-2,5-6,11,13H2;1-11,13,22H,12H2;1,3,5,7-9,11,14,21,25H,2,4,6,10,12H2;1-9,11-12,22H,10H2;4-9,11,20H,10H2,1-3H3/t;;14-;;/m..0../s1. The Labute approximate surface area is 739 Å². The van der Waals surface area contributed by atoms with Crippen LogP contribution >= 0.6 is 75.3 Å². The molecule has 2 aliphatic rings. The molecule has 8 N–H and O–H groups in total. The van der Waals surface area contributed by atoms with Crippen molar-refractivity contribution in [3.05, 3.63) is 325 Å². The molecule has 30 heteroatoms. The lowest BCUT2D eigenvalue weighted by atomic mass is 9.87. The van der Waals surface area contributed by atoms with Crippen molar-refractivity contribution in [1.82, 2.24) is 78.0 Å². The number of nitrogens with zero attached hydrogens (tertiary/aromatic N) is 17. The van der Waals surface area contributed by atoms with Crippen molar-refractivity contribution in [2.45, 2.75) is 109 Å². The second kappa shape index (κ2) is 39.7. The summed E-state index contributed by atoms with van der Waals surface area (Å²) < 4.78 is 13.3. The van der Waals surface area contributed by atoms with Gasteiger partial charge in [-0.15, -0.1) is 0 Å². The van der Waals surface area contributed by atoms with Crippen LogP contribution in [0.25, 0.3) is 49.8 Å². The summed E-state index contributed by atoms with van der Waals surface area (Å²) in [6.07, 6.45) is 35.0. The lowest BCUT2D eigenvalue weighted by Crippen LogP contribution is -2.39. The number of aliphatic hydroxyl groups excluding tert-OH is 2. The van der Waals surface area contributed by atoms with Crippen LogP contribution in [0.3, 0.4) is 0 Å². The maximum Gasteiger partial charge on any atom is 0.130 e. The molecule has 2 fully saturated rings. The van der Waals surface area contributed by atoms with Gasteiger partial charge in [0.1, 0.15) is 35.4 Å². The number of anilines is 7. The van der Waals surface area contributed by atoms with E-state index >= 15 is 0 Å². The van der Waals surface area contributed by atoms with Gasteiger partial charge < -0.3 is 47.0 Å². The number of hydrogen-bond acceptors (Lipinski definition) is 20. The van der Waals surface area contributed by atoms with Gasteiger partial charge in [-0.3, -0.25) is 19.9 Å². The normalized spacial score (nSPS) is 13.5. The lowest BCUT2D eigenvalue weighted by molar-refractivity contribution is 0.214. The van der Waals surface area contributed by atoms with Crippen LogP contribution in [0, 0.1) is 0 Å². The molecule has 17 aromatic rings. The van der Waals surface area contributed by atoms with E-state index in [0.717, 1.165) is 176 Å². The molecule has 0 bridgehead atoms. The van der Waals surface area contributed by atoms with Crippen LogP contribution < -0.4 is 36.8 Å². The van der Waals surface area contributed by atoms with Gasteiger partial charge in [-0.2, -0.15) is 25.5 Å². The average molecular weight is 1890 g/mol. The topological polar surface area (TPSA) is 280 Å². The van der Waals surface area contributed by atoms with E-state index < -0.39 is 0 Å². The Balaban J connectivity index is 0.000000118. The second-order valence-corrected chi connectivity index (χ2v) is 34.3. The van der Waals surface area contributed by atoms with E-state index in [-0.39, 0.29) is 30.2 Å². The third-order valence-corrected chi connectivity index (χ3v) is 23.7. The summed E-state index contributed by atoms with van der Waals surface area (Å²) in [5.41, 5.74) is 18.2. The molecule has 1 saturated heterocycles. The monoisotopic (exact) mass is 1890 g/mol. The molecule has 0 spiro atoms. The molecule has 121 heavy (non-hydrogen) atoms. The molecule has 0 unspecified atom stereocenters. The number of benzene rings is 2. The molecule has 1 atom stereocenters. The van der Waals surface area contributed by atoms with E-state index in [4.69, 9.17) is 11.6 Å². The zero-order valence-electron chi connectivity index (χ0n) is 66.8. The zero-order valence-corrected chi connectivity index (χ0v) is 73.9. The van der Waals surface area contributed by atoms with Gasteiger partial charge in [0.05, 0.1) is 106 Å². The van der Waals surface area contributed by atoms with E-state index in [1.165, 1.54) is 17.5 Å². The van der Waals surface area contributed by atoms with Gasteiger partial charge in [0.25, 0.3) is 0 Å². The fourth-order valence-corrected chi connectivity index (χ4v) is 16.3. The summed E-state index contributed by atoms with van der Waals surface area (Å²) in [4.78, 5) is 27.0. The summed E-state index contributed by atoms with van der Waals surface area (Å²) in [6.45, 7) is 11.3. The molecule has 616 valence electrons. The van der Waals surface area contributed by atoms with Crippen LogP contribution in [0.15, 0.2) is 287 Å². The molecule has 1 aliphatic carbocycles. The lowest BCUT2D eigenvalue weighted by Gasteiger charge is -2.29.